The number of ether oxygens (including phenoxy) is 1. The maximum absolute atomic E-state index is 12.2. The Morgan fingerprint density at radius 2 is 1.83 bits per heavy atom. The summed E-state index contributed by atoms with van der Waals surface area (Å²) in [5.41, 5.74) is 3.24. The number of hydrogen-bond donors (Lipinski definition) is 2. The summed E-state index contributed by atoms with van der Waals surface area (Å²) < 4.78 is 9.98. The van der Waals surface area contributed by atoms with Crippen LogP contribution < -0.4 is 10.6 Å². The number of halogens is 1. The first-order valence-electron chi connectivity index (χ1n) is 8.92. The summed E-state index contributed by atoms with van der Waals surface area (Å²) >= 11 is 5.83. The standard InChI is InChI=1S/C21H20ClN3O4/c1-13(23-20(26)19-12-29-25-14(19)2)16-5-9-18(10-6-16)24-21(27)28-11-15-3-7-17(22)8-4-15/h3-10,12-13H,11H2,1-2H3,(H,23,26)(H,24,27). The van der Waals surface area contributed by atoms with Crippen molar-refractivity contribution in [2.75, 3.05) is 5.32 Å². The number of nitrogens with one attached hydrogen (secondary N) is 2. The number of carbonyl (C=O) groups excluding carboxylic acids is 2. The molecule has 0 aliphatic rings. The summed E-state index contributed by atoms with van der Waals surface area (Å²) in [4.78, 5) is 24.2. The minimum Gasteiger partial charge on any atom is -0.444 e. The van der Waals surface area contributed by atoms with Crippen molar-refractivity contribution in [1.82, 2.24) is 10.5 Å². The van der Waals surface area contributed by atoms with Gasteiger partial charge in [0.05, 0.1) is 11.7 Å². The Morgan fingerprint density at radius 1 is 1.14 bits per heavy atom. The molecule has 0 saturated heterocycles. The van der Waals surface area contributed by atoms with Gasteiger partial charge in [-0.05, 0) is 49.2 Å². The third-order valence-corrected chi connectivity index (χ3v) is 4.53. The fourth-order valence-corrected chi connectivity index (χ4v) is 2.73. The highest BCUT2D eigenvalue weighted by Gasteiger charge is 2.16. The van der Waals surface area contributed by atoms with Crippen LogP contribution in [0, 0.1) is 6.92 Å². The third kappa shape index (κ3) is 5.58. The zero-order valence-electron chi connectivity index (χ0n) is 15.9. The second-order valence-electron chi connectivity index (χ2n) is 6.46. The lowest BCUT2D eigenvalue weighted by molar-refractivity contribution is 0.0938. The van der Waals surface area contributed by atoms with Gasteiger partial charge in [-0.3, -0.25) is 10.1 Å². The van der Waals surface area contributed by atoms with E-state index in [0.29, 0.717) is 22.0 Å². The van der Waals surface area contributed by atoms with Gasteiger partial charge in [-0.1, -0.05) is 41.0 Å². The molecule has 0 aliphatic heterocycles. The molecule has 0 saturated carbocycles. The van der Waals surface area contributed by atoms with Gasteiger partial charge in [0.2, 0.25) is 0 Å². The molecule has 0 bridgehead atoms. The predicted octanol–water partition coefficient (Wildman–Crippen LogP) is 4.88. The monoisotopic (exact) mass is 413 g/mol. The molecule has 1 unspecified atom stereocenters. The van der Waals surface area contributed by atoms with E-state index >= 15 is 0 Å². The number of aryl methyl sites for hydroxylation is 1. The maximum Gasteiger partial charge on any atom is 0.411 e. The van der Waals surface area contributed by atoms with E-state index in [4.69, 9.17) is 20.9 Å². The second kappa shape index (κ2) is 9.25. The average Bonchev–Trinajstić information content (AvgIpc) is 3.14. The number of rotatable bonds is 6. The molecular weight excluding hydrogens is 394 g/mol. The Balaban J connectivity index is 1.51. The van der Waals surface area contributed by atoms with Gasteiger partial charge >= 0.3 is 6.09 Å². The predicted molar refractivity (Wildman–Crippen MR) is 109 cm³/mol. The van der Waals surface area contributed by atoms with E-state index < -0.39 is 6.09 Å². The number of nitrogens with zero attached hydrogens (tertiary/aromatic N) is 1. The molecule has 0 radical (unpaired) electrons. The highest BCUT2D eigenvalue weighted by Crippen LogP contribution is 2.18. The molecule has 0 fully saturated rings. The highest BCUT2D eigenvalue weighted by molar-refractivity contribution is 6.30. The summed E-state index contributed by atoms with van der Waals surface area (Å²) in [7, 11) is 0. The van der Waals surface area contributed by atoms with E-state index in [1.807, 2.05) is 19.1 Å². The van der Waals surface area contributed by atoms with Crippen molar-refractivity contribution in [3.8, 4) is 0 Å². The number of anilines is 1. The summed E-state index contributed by atoms with van der Waals surface area (Å²) in [6.45, 7) is 3.71. The molecule has 0 spiro atoms. The Morgan fingerprint density at radius 3 is 2.45 bits per heavy atom. The second-order valence-corrected chi connectivity index (χ2v) is 6.89. The molecule has 1 heterocycles. The molecule has 0 aliphatic carbocycles. The average molecular weight is 414 g/mol. The SMILES string of the molecule is Cc1nocc1C(=O)NC(C)c1ccc(NC(=O)OCc2ccc(Cl)cc2)cc1. The van der Waals surface area contributed by atoms with Crippen LogP contribution >= 0.6 is 11.6 Å². The van der Waals surface area contributed by atoms with E-state index in [9.17, 15) is 9.59 Å². The smallest absolute Gasteiger partial charge is 0.411 e. The lowest BCUT2D eigenvalue weighted by atomic mass is 10.1. The van der Waals surface area contributed by atoms with Gasteiger partial charge in [-0.15, -0.1) is 0 Å². The molecule has 2 amide bonds. The minimum absolute atomic E-state index is 0.145. The first-order chi connectivity index (χ1) is 13.9. The Labute approximate surface area is 173 Å². The first-order valence-corrected chi connectivity index (χ1v) is 9.30. The summed E-state index contributed by atoms with van der Waals surface area (Å²) in [6, 6.07) is 14.0. The van der Waals surface area contributed by atoms with Crippen molar-refractivity contribution in [3.63, 3.8) is 0 Å². The molecule has 1 aromatic heterocycles. The zero-order valence-corrected chi connectivity index (χ0v) is 16.7. The molecule has 150 valence electrons. The number of amides is 2. The number of benzene rings is 2. The molecule has 8 heteroatoms. The van der Waals surface area contributed by atoms with Gasteiger partial charge in [0.25, 0.3) is 5.91 Å². The largest absolute Gasteiger partial charge is 0.444 e. The molecule has 3 aromatic rings. The van der Waals surface area contributed by atoms with Crippen LogP contribution in [-0.4, -0.2) is 17.2 Å². The summed E-state index contributed by atoms with van der Waals surface area (Å²) in [5.74, 6) is -0.260. The van der Waals surface area contributed by atoms with Crippen LogP contribution in [0.4, 0.5) is 10.5 Å². The molecule has 2 aromatic carbocycles. The van der Waals surface area contributed by atoms with Crippen LogP contribution in [0.1, 0.15) is 40.1 Å². The van der Waals surface area contributed by atoms with Crippen molar-refractivity contribution in [3.05, 3.63) is 82.2 Å². The molecule has 3 rings (SSSR count). The highest BCUT2D eigenvalue weighted by atomic mass is 35.5. The lowest BCUT2D eigenvalue weighted by Gasteiger charge is -2.14. The van der Waals surface area contributed by atoms with E-state index in [0.717, 1.165) is 11.1 Å². The topological polar surface area (TPSA) is 93.5 Å². The van der Waals surface area contributed by atoms with Crippen LogP contribution in [0.15, 0.2) is 59.3 Å². The number of aromatic nitrogens is 1. The summed E-state index contributed by atoms with van der Waals surface area (Å²) in [6.07, 6.45) is 0.761. The van der Waals surface area contributed by atoms with Crippen LogP contribution in [0.5, 0.6) is 0 Å². The zero-order chi connectivity index (χ0) is 20.8. The van der Waals surface area contributed by atoms with Gasteiger partial charge in [0.15, 0.2) is 0 Å². The first kappa shape index (κ1) is 20.4. The molecular formula is C21H20ClN3O4. The molecule has 2 N–H and O–H groups in total. The molecule has 7 nitrogen and oxygen atoms in total. The quantitative estimate of drug-likeness (QED) is 0.600. The fourth-order valence-electron chi connectivity index (χ4n) is 2.61. The number of hydrogen-bond acceptors (Lipinski definition) is 5. The van der Waals surface area contributed by atoms with Crippen LogP contribution in [0.3, 0.4) is 0 Å². The van der Waals surface area contributed by atoms with Crippen LogP contribution in [0.2, 0.25) is 5.02 Å². The fraction of sp³-hybridized carbons (Fsp3) is 0.190. The van der Waals surface area contributed by atoms with E-state index in [-0.39, 0.29) is 18.6 Å². The van der Waals surface area contributed by atoms with Gasteiger partial charge in [-0.2, -0.15) is 0 Å². The van der Waals surface area contributed by atoms with Crippen molar-refractivity contribution >= 4 is 29.3 Å². The van der Waals surface area contributed by atoms with Gasteiger partial charge in [-0.25, -0.2) is 4.79 Å². The normalized spacial score (nSPS) is 11.6. The molecule has 1 atom stereocenters. The summed E-state index contributed by atoms with van der Waals surface area (Å²) in [5, 5.41) is 9.87. The Kier molecular flexibility index (Phi) is 6.51. The minimum atomic E-state index is -0.558. The van der Waals surface area contributed by atoms with Crippen molar-refractivity contribution in [2.45, 2.75) is 26.5 Å². The van der Waals surface area contributed by atoms with Gasteiger partial charge in [0, 0.05) is 10.7 Å². The van der Waals surface area contributed by atoms with Crippen LogP contribution in [0.25, 0.3) is 0 Å². The van der Waals surface area contributed by atoms with E-state index in [1.165, 1.54) is 6.26 Å². The lowest BCUT2D eigenvalue weighted by Crippen LogP contribution is -2.26. The van der Waals surface area contributed by atoms with Crippen molar-refractivity contribution in [1.29, 1.82) is 0 Å². The van der Waals surface area contributed by atoms with Crippen molar-refractivity contribution < 1.29 is 18.8 Å². The maximum atomic E-state index is 12.2. The van der Waals surface area contributed by atoms with Gasteiger partial charge < -0.3 is 14.6 Å². The number of carbonyl (C=O) groups is 2. The van der Waals surface area contributed by atoms with E-state index in [2.05, 4.69) is 15.8 Å². The van der Waals surface area contributed by atoms with Gasteiger partial charge in [0.1, 0.15) is 18.4 Å². The Hall–Kier alpha value is -3.32. The van der Waals surface area contributed by atoms with E-state index in [1.54, 1.807) is 43.3 Å². The third-order valence-electron chi connectivity index (χ3n) is 4.28. The van der Waals surface area contributed by atoms with Crippen LogP contribution in [-0.2, 0) is 11.3 Å². The van der Waals surface area contributed by atoms with Crippen molar-refractivity contribution in [2.24, 2.45) is 0 Å². The molecule has 29 heavy (non-hydrogen) atoms. The Bertz CT molecular complexity index is 984.